The number of amides is 1. The predicted octanol–water partition coefficient (Wildman–Crippen LogP) is 1.77. The van der Waals surface area contributed by atoms with E-state index in [0.29, 0.717) is 11.3 Å². The van der Waals surface area contributed by atoms with Crippen LogP contribution in [-0.2, 0) is 0 Å². The fourth-order valence-corrected chi connectivity index (χ4v) is 2.30. The van der Waals surface area contributed by atoms with E-state index in [1.807, 2.05) is 24.3 Å². The minimum atomic E-state index is -0.446. The van der Waals surface area contributed by atoms with E-state index in [9.17, 15) is 4.79 Å². The summed E-state index contributed by atoms with van der Waals surface area (Å²) in [5.74, 6) is -0.841. The van der Waals surface area contributed by atoms with Gasteiger partial charge in [0.15, 0.2) is 5.96 Å². The van der Waals surface area contributed by atoms with Crippen molar-refractivity contribution in [1.82, 2.24) is 20.1 Å². The molecular weight excluding hydrogens is 316 g/mol. The molecule has 0 spiro atoms. The maximum Gasteiger partial charge on any atom is 0.261 e. The molecule has 0 bridgehead atoms. The number of aromatic nitrogens is 3. The number of nitrogens with one attached hydrogen (secondary N) is 2. The first-order valence-electron chi connectivity index (χ1n) is 6.61. The molecule has 0 saturated heterocycles. The Kier molecular flexibility index (Phi) is 4.61. The molecule has 0 fully saturated rings. The van der Waals surface area contributed by atoms with Crippen LogP contribution in [0.2, 0.25) is 0 Å². The van der Waals surface area contributed by atoms with Gasteiger partial charge in [-0.2, -0.15) is 5.10 Å². The number of carbonyl (C=O) groups is 1. The van der Waals surface area contributed by atoms with Crippen molar-refractivity contribution in [1.29, 1.82) is 5.41 Å². The molecule has 4 N–H and O–H groups in total. The number of nitrogens with two attached hydrogens (primary N) is 1. The predicted molar refractivity (Wildman–Crippen MR) is 90.2 cm³/mol. The lowest BCUT2D eigenvalue weighted by Gasteiger charge is -2.05. The number of carbonyl (C=O) groups excluding carboxylic acids is 1. The van der Waals surface area contributed by atoms with Gasteiger partial charge >= 0.3 is 0 Å². The molecule has 0 radical (unpaired) electrons. The molecule has 0 aliphatic rings. The maximum atomic E-state index is 12.0. The molecule has 3 aromatic rings. The fraction of sp³-hybridized carbons (Fsp3) is 0.0667. The lowest BCUT2D eigenvalue weighted by molar-refractivity contribution is 0.0976. The Morgan fingerprint density at radius 1 is 1.35 bits per heavy atom. The van der Waals surface area contributed by atoms with Crippen LogP contribution in [0.4, 0.5) is 0 Å². The summed E-state index contributed by atoms with van der Waals surface area (Å²) in [6.07, 6.45) is 5.12. The number of fused-ring (bicyclic) bond motifs is 1. The summed E-state index contributed by atoms with van der Waals surface area (Å²) >= 11 is 0. The second-order valence-corrected chi connectivity index (χ2v) is 4.81. The lowest BCUT2D eigenvalue weighted by atomic mass is 10.1. The van der Waals surface area contributed by atoms with Gasteiger partial charge < -0.3 is 5.73 Å². The van der Waals surface area contributed by atoms with Crippen LogP contribution in [0.1, 0.15) is 16.1 Å². The van der Waals surface area contributed by atoms with E-state index in [-0.39, 0.29) is 12.4 Å². The average molecular weight is 331 g/mol. The van der Waals surface area contributed by atoms with Crippen LogP contribution in [0.15, 0.2) is 42.9 Å². The van der Waals surface area contributed by atoms with Gasteiger partial charge in [0.25, 0.3) is 5.91 Å². The van der Waals surface area contributed by atoms with Gasteiger partial charge in [0.1, 0.15) is 0 Å². The van der Waals surface area contributed by atoms with Crippen LogP contribution in [-0.4, -0.2) is 26.6 Å². The molecule has 7 nitrogen and oxygen atoms in total. The highest BCUT2D eigenvalue weighted by atomic mass is 35.5. The number of hydrogen-bond donors (Lipinski definition) is 3. The molecule has 3 rings (SSSR count). The second kappa shape index (κ2) is 6.45. The highest BCUT2D eigenvalue weighted by molar-refractivity contribution is 6.05. The first-order valence-corrected chi connectivity index (χ1v) is 6.61. The van der Waals surface area contributed by atoms with Gasteiger partial charge in [0, 0.05) is 29.4 Å². The van der Waals surface area contributed by atoms with Crippen molar-refractivity contribution < 1.29 is 4.79 Å². The number of benzene rings is 1. The van der Waals surface area contributed by atoms with E-state index < -0.39 is 11.9 Å². The zero-order valence-electron chi connectivity index (χ0n) is 12.3. The van der Waals surface area contributed by atoms with E-state index in [0.717, 1.165) is 16.5 Å². The summed E-state index contributed by atoms with van der Waals surface area (Å²) in [4.78, 5) is 16.1. The Balaban J connectivity index is 0.00000192. The standard InChI is InChI=1S/C15H14N6O.ClH/c1-9-12(14(22)19-15(16)17)8-21(20-9)13-4-2-3-10-7-18-6-5-11(10)13;/h2-8H,1H3,(H4,16,17,19,22);1H. The van der Waals surface area contributed by atoms with Crippen molar-refractivity contribution in [2.24, 2.45) is 5.73 Å². The van der Waals surface area contributed by atoms with Crippen molar-refractivity contribution in [3.05, 3.63) is 54.1 Å². The number of rotatable bonds is 2. The molecule has 2 heterocycles. The second-order valence-electron chi connectivity index (χ2n) is 4.81. The molecule has 2 aromatic heterocycles. The van der Waals surface area contributed by atoms with Gasteiger partial charge in [-0.15, -0.1) is 12.4 Å². The summed E-state index contributed by atoms with van der Waals surface area (Å²) in [7, 11) is 0. The number of aryl methyl sites for hydroxylation is 1. The molecule has 0 saturated carbocycles. The molecule has 0 atom stereocenters. The zero-order chi connectivity index (χ0) is 15.7. The van der Waals surface area contributed by atoms with Crippen LogP contribution < -0.4 is 11.1 Å². The maximum absolute atomic E-state index is 12.0. The smallest absolute Gasteiger partial charge is 0.261 e. The van der Waals surface area contributed by atoms with Crippen LogP contribution in [0.25, 0.3) is 16.5 Å². The largest absolute Gasteiger partial charge is 0.370 e. The first-order chi connectivity index (χ1) is 10.6. The zero-order valence-corrected chi connectivity index (χ0v) is 13.1. The fourth-order valence-electron chi connectivity index (χ4n) is 2.30. The van der Waals surface area contributed by atoms with E-state index in [1.165, 1.54) is 0 Å². The highest BCUT2D eigenvalue weighted by Gasteiger charge is 2.15. The van der Waals surface area contributed by atoms with Crippen molar-refractivity contribution in [3.63, 3.8) is 0 Å². The highest BCUT2D eigenvalue weighted by Crippen LogP contribution is 2.22. The average Bonchev–Trinajstić information content (AvgIpc) is 2.88. The SMILES string of the molecule is Cc1nn(-c2cccc3cnccc23)cc1C(=O)NC(=N)N.Cl. The number of pyridine rings is 1. The van der Waals surface area contributed by atoms with Crippen molar-refractivity contribution in [2.75, 3.05) is 0 Å². The summed E-state index contributed by atoms with van der Waals surface area (Å²) in [6, 6.07) is 7.69. The normalized spacial score (nSPS) is 10.1. The quantitative estimate of drug-likeness (QED) is 0.491. The summed E-state index contributed by atoms with van der Waals surface area (Å²) in [5, 5.41) is 15.8. The summed E-state index contributed by atoms with van der Waals surface area (Å²) in [5.41, 5.74) is 6.98. The van der Waals surface area contributed by atoms with Gasteiger partial charge in [-0.05, 0) is 19.1 Å². The van der Waals surface area contributed by atoms with Crippen molar-refractivity contribution in [3.8, 4) is 5.69 Å². The lowest BCUT2D eigenvalue weighted by Crippen LogP contribution is -2.35. The molecule has 8 heteroatoms. The van der Waals surface area contributed by atoms with Gasteiger partial charge in [-0.3, -0.25) is 20.5 Å². The van der Waals surface area contributed by atoms with Crippen LogP contribution in [0.5, 0.6) is 0 Å². The monoisotopic (exact) mass is 330 g/mol. The number of hydrogen-bond acceptors (Lipinski definition) is 4. The van der Waals surface area contributed by atoms with E-state index >= 15 is 0 Å². The Labute approximate surface area is 138 Å². The van der Waals surface area contributed by atoms with E-state index in [4.69, 9.17) is 11.1 Å². The van der Waals surface area contributed by atoms with Gasteiger partial charge in [0.05, 0.1) is 16.9 Å². The molecule has 1 amide bonds. The third kappa shape index (κ3) is 3.14. The number of guanidine groups is 1. The number of halogens is 1. The minimum Gasteiger partial charge on any atom is -0.370 e. The molecule has 0 aliphatic heterocycles. The minimum absolute atomic E-state index is 0. The summed E-state index contributed by atoms with van der Waals surface area (Å²) < 4.78 is 1.65. The number of nitrogens with zero attached hydrogens (tertiary/aromatic N) is 3. The van der Waals surface area contributed by atoms with Crippen LogP contribution in [0, 0.1) is 12.3 Å². The Morgan fingerprint density at radius 3 is 2.87 bits per heavy atom. The third-order valence-corrected chi connectivity index (χ3v) is 3.30. The third-order valence-electron chi connectivity index (χ3n) is 3.30. The Hall–Kier alpha value is -2.93. The molecule has 118 valence electrons. The van der Waals surface area contributed by atoms with Gasteiger partial charge in [-0.25, -0.2) is 4.68 Å². The first kappa shape index (κ1) is 16.4. The molecular formula is C15H15ClN6O. The van der Waals surface area contributed by atoms with Crippen LogP contribution in [0.3, 0.4) is 0 Å². The van der Waals surface area contributed by atoms with E-state index in [1.54, 1.807) is 30.2 Å². The topological polar surface area (TPSA) is 110 Å². The van der Waals surface area contributed by atoms with Gasteiger partial charge in [0.2, 0.25) is 0 Å². The van der Waals surface area contributed by atoms with Gasteiger partial charge in [-0.1, -0.05) is 12.1 Å². The Morgan fingerprint density at radius 2 is 2.13 bits per heavy atom. The molecule has 1 aromatic carbocycles. The summed E-state index contributed by atoms with van der Waals surface area (Å²) in [6.45, 7) is 1.73. The molecule has 0 unspecified atom stereocenters. The molecule has 0 aliphatic carbocycles. The Bertz CT molecular complexity index is 883. The molecule has 23 heavy (non-hydrogen) atoms. The van der Waals surface area contributed by atoms with Crippen molar-refractivity contribution in [2.45, 2.75) is 6.92 Å². The van der Waals surface area contributed by atoms with Crippen LogP contribution >= 0.6 is 12.4 Å². The van der Waals surface area contributed by atoms with Crippen molar-refractivity contribution >= 4 is 35.0 Å². The van der Waals surface area contributed by atoms with E-state index in [2.05, 4.69) is 15.4 Å².